The molecule has 1 atom stereocenters. The summed E-state index contributed by atoms with van der Waals surface area (Å²) < 4.78 is 0. The number of rotatable bonds is 6. The van der Waals surface area contributed by atoms with Crippen LogP contribution in [0.2, 0.25) is 0 Å². The molecule has 0 aliphatic rings. The molecular weight excluding hydrogens is 244 g/mol. The smallest absolute Gasteiger partial charge is 0.0793 e. The molecule has 1 heteroatoms. The van der Waals surface area contributed by atoms with Crippen LogP contribution in [0.5, 0.6) is 0 Å². The van der Waals surface area contributed by atoms with E-state index in [4.69, 9.17) is 0 Å². The molecule has 106 valence electrons. The number of aryl methyl sites for hydroxylation is 3. The third-order valence-electron chi connectivity index (χ3n) is 3.85. The van der Waals surface area contributed by atoms with Crippen LogP contribution in [0.3, 0.4) is 0 Å². The van der Waals surface area contributed by atoms with E-state index in [1.165, 1.54) is 16.7 Å². The maximum absolute atomic E-state index is 10.3. The lowest BCUT2D eigenvalue weighted by Gasteiger charge is -2.12. The van der Waals surface area contributed by atoms with Crippen molar-refractivity contribution in [1.29, 1.82) is 0 Å². The summed E-state index contributed by atoms with van der Waals surface area (Å²) in [7, 11) is 0. The predicted molar refractivity (Wildman–Crippen MR) is 84.9 cm³/mol. The monoisotopic (exact) mass is 268 g/mol. The zero-order chi connectivity index (χ0) is 14.4. The highest BCUT2D eigenvalue weighted by Gasteiger charge is 2.08. The number of aliphatic hydroxyl groups excluding tert-OH is 1. The number of hydrogen-bond acceptors (Lipinski definition) is 1. The Morgan fingerprint density at radius 3 is 2.30 bits per heavy atom. The van der Waals surface area contributed by atoms with Gasteiger partial charge in [-0.05, 0) is 48.4 Å². The maximum atomic E-state index is 10.3. The molecule has 0 fully saturated rings. The van der Waals surface area contributed by atoms with Crippen molar-refractivity contribution in [3.63, 3.8) is 0 Å². The summed E-state index contributed by atoms with van der Waals surface area (Å²) in [5.41, 5.74) is 5.01. The fraction of sp³-hybridized carbons (Fsp3) is 0.368. The van der Waals surface area contributed by atoms with Crippen LogP contribution in [0.1, 0.15) is 48.1 Å². The van der Waals surface area contributed by atoms with Crippen molar-refractivity contribution in [3.8, 4) is 0 Å². The number of aliphatic hydroxyl groups is 1. The molecule has 0 amide bonds. The van der Waals surface area contributed by atoms with Gasteiger partial charge in [-0.1, -0.05) is 61.9 Å². The van der Waals surface area contributed by atoms with Gasteiger partial charge in [-0.25, -0.2) is 0 Å². The zero-order valence-corrected chi connectivity index (χ0v) is 12.5. The van der Waals surface area contributed by atoms with E-state index in [9.17, 15) is 5.11 Å². The fourth-order valence-corrected chi connectivity index (χ4v) is 2.54. The molecule has 0 bridgehead atoms. The summed E-state index contributed by atoms with van der Waals surface area (Å²) in [6.45, 7) is 4.31. The first-order valence-corrected chi connectivity index (χ1v) is 7.52. The first-order valence-electron chi connectivity index (χ1n) is 7.52. The minimum atomic E-state index is -0.370. The first-order chi connectivity index (χ1) is 9.70. The third-order valence-corrected chi connectivity index (χ3v) is 3.85. The summed E-state index contributed by atoms with van der Waals surface area (Å²) in [6, 6.07) is 16.8. The van der Waals surface area contributed by atoms with Gasteiger partial charge in [-0.15, -0.1) is 0 Å². The Bertz CT molecular complexity index is 528. The van der Waals surface area contributed by atoms with E-state index >= 15 is 0 Å². The normalized spacial score (nSPS) is 12.3. The minimum Gasteiger partial charge on any atom is -0.388 e. The lowest BCUT2D eigenvalue weighted by Crippen LogP contribution is -2.01. The average molecular weight is 268 g/mol. The summed E-state index contributed by atoms with van der Waals surface area (Å²) in [6.07, 6.45) is 3.60. The molecule has 20 heavy (non-hydrogen) atoms. The molecule has 1 N–H and O–H groups in total. The van der Waals surface area contributed by atoms with E-state index in [2.05, 4.69) is 62.4 Å². The van der Waals surface area contributed by atoms with Gasteiger partial charge in [0.1, 0.15) is 0 Å². The molecule has 2 aromatic rings. The minimum absolute atomic E-state index is 0.370. The van der Waals surface area contributed by atoms with Crippen molar-refractivity contribution in [3.05, 3.63) is 70.8 Å². The van der Waals surface area contributed by atoms with Crippen LogP contribution in [0, 0.1) is 6.92 Å². The topological polar surface area (TPSA) is 20.2 Å². The highest BCUT2D eigenvalue weighted by atomic mass is 16.3. The van der Waals surface area contributed by atoms with E-state index in [1.54, 1.807) is 0 Å². The van der Waals surface area contributed by atoms with Crippen molar-refractivity contribution in [1.82, 2.24) is 0 Å². The van der Waals surface area contributed by atoms with E-state index in [-0.39, 0.29) is 6.10 Å². The molecule has 1 nitrogen and oxygen atoms in total. The second kappa shape index (κ2) is 7.25. The Morgan fingerprint density at radius 1 is 0.950 bits per heavy atom. The number of hydrogen-bond donors (Lipinski definition) is 1. The molecule has 0 aliphatic heterocycles. The number of benzene rings is 2. The molecule has 0 saturated heterocycles. The van der Waals surface area contributed by atoms with E-state index in [1.807, 2.05) is 0 Å². The van der Waals surface area contributed by atoms with Gasteiger partial charge in [0, 0.05) is 0 Å². The maximum Gasteiger partial charge on any atom is 0.0793 e. The molecule has 1 unspecified atom stereocenters. The molecule has 0 saturated carbocycles. The predicted octanol–water partition coefficient (Wildman–Crippen LogP) is 4.61. The largest absolute Gasteiger partial charge is 0.388 e. The van der Waals surface area contributed by atoms with Crippen LogP contribution in [0.25, 0.3) is 0 Å². The second-order valence-corrected chi connectivity index (χ2v) is 5.47. The molecule has 0 spiro atoms. The fourth-order valence-electron chi connectivity index (χ4n) is 2.54. The lowest BCUT2D eigenvalue weighted by molar-refractivity contribution is 0.168. The molecule has 0 aliphatic carbocycles. The third kappa shape index (κ3) is 3.94. The molecule has 2 aromatic carbocycles. The van der Waals surface area contributed by atoms with Crippen LogP contribution in [0.15, 0.2) is 48.5 Å². The molecule has 0 heterocycles. The Kier molecular flexibility index (Phi) is 5.37. The van der Waals surface area contributed by atoms with Crippen molar-refractivity contribution < 1.29 is 5.11 Å². The highest BCUT2D eigenvalue weighted by molar-refractivity contribution is 5.27. The van der Waals surface area contributed by atoms with Crippen LogP contribution >= 0.6 is 0 Å². The Morgan fingerprint density at radius 2 is 1.65 bits per heavy atom. The van der Waals surface area contributed by atoms with Gasteiger partial charge in [0.25, 0.3) is 0 Å². The van der Waals surface area contributed by atoms with E-state index in [0.29, 0.717) is 0 Å². The highest BCUT2D eigenvalue weighted by Crippen LogP contribution is 2.21. The van der Waals surface area contributed by atoms with Crippen LogP contribution in [-0.4, -0.2) is 5.11 Å². The molecule has 0 aromatic heterocycles. The zero-order valence-electron chi connectivity index (χ0n) is 12.5. The van der Waals surface area contributed by atoms with Gasteiger partial charge < -0.3 is 5.11 Å². The SMILES string of the molecule is CCCc1ccc(C(O)CCc2ccccc2C)cc1. The summed E-state index contributed by atoms with van der Waals surface area (Å²) in [5.74, 6) is 0. The van der Waals surface area contributed by atoms with Gasteiger partial charge in [-0.3, -0.25) is 0 Å². The lowest BCUT2D eigenvalue weighted by atomic mass is 9.97. The summed E-state index contributed by atoms with van der Waals surface area (Å²) in [5, 5.41) is 10.3. The van der Waals surface area contributed by atoms with E-state index < -0.39 is 0 Å². The Hall–Kier alpha value is -1.60. The quantitative estimate of drug-likeness (QED) is 0.811. The van der Waals surface area contributed by atoms with E-state index in [0.717, 1.165) is 31.2 Å². The van der Waals surface area contributed by atoms with Crippen LogP contribution in [-0.2, 0) is 12.8 Å². The Balaban J connectivity index is 1.94. The second-order valence-electron chi connectivity index (χ2n) is 5.47. The molecular formula is C19H24O. The Labute approximate surface area is 122 Å². The van der Waals surface area contributed by atoms with Gasteiger partial charge in [-0.2, -0.15) is 0 Å². The summed E-state index contributed by atoms with van der Waals surface area (Å²) in [4.78, 5) is 0. The van der Waals surface area contributed by atoms with Gasteiger partial charge in [0.15, 0.2) is 0 Å². The van der Waals surface area contributed by atoms with Crippen molar-refractivity contribution in [2.45, 2.75) is 45.6 Å². The van der Waals surface area contributed by atoms with Crippen LogP contribution in [0.4, 0.5) is 0 Å². The van der Waals surface area contributed by atoms with Crippen LogP contribution < -0.4 is 0 Å². The van der Waals surface area contributed by atoms with Gasteiger partial charge in [0.2, 0.25) is 0 Å². The molecule has 0 radical (unpaired) electrons. The van der Waals surface area contributed by atoms with Crippen molar-refractivity contribution in [2.75, 3.05) is 0 Å². The standard InChI is InChI=1S/C19H24O/c1-3-6-16-9-11-18(12-10-16)19(20)14-13-17-8-5-4-7-15(17)2/h4-5,7-12,19-20H,3,6,13-14H2,1-2H3. The summed E-state index contributed by atoms with van der Waals surface area (Å²) >= 11 is 0. The molecule has 2 rings (SSSR count). The average Bonchev–Trinajstić information content (AvgIpc) is 2.47. The van der Waals surface area contributed by atoms with Crippen molar-refractivity contribution in [2.24, 2.45) is 0 Å². The van der Waals surface area contributed by atoms with Gasteiger partial charge >= 0.3 is 0 Å². The van der Waals surface area contributed by atoms with Crippen molar-refractivity contribution >= 4 is 0 Å². The van der Waals surface area contributed by atoms with Gasteiger partial charge in [0.05, 0.1) is 6.10 Å². The first kappa shape index (κ1) is 14.8.